The first kappa shape index (κ1) is 13.6. The molecule has 2 aromatic carbocycles. The van der Waals surface area contributed by atoms with Crippen molar-refractivity contribution in [3.63, 3.8) is 0 Å². The third-order valence-electron chi connectivity index (χ3n) is 4.04. The normalized spacial score (nSPS) is 17.0. The van der Waals surface area contributed by atoms with Gasteiger partial charge < -0.3 is 15.5 Å². The lowest BCUT2D eigenvalue weighted by molar-refractivity contribution is 0.358. The fraction of sp³-hybridized carbons (Fsp3) is 0.235. The van der Waals surface area contributed by atoms with Gasteiger partial charge in [-0.2, -0.15) is 0 Å². The van der Waals surface area contributed by atoms with Crippen LogP contribution in [0.4, 0.5) is 17.1 Å². The summed E-state index contributed by atoms with van der Waals surface area (Å²) in [4.78, 5) is 7.28. The van der Waals surface area contributed by atoms with Crippen molar-refractivity contribution in [1.29, 1.82) is 0 Å². The summed E-state index contributed by atoms with van der Waals surface area (Å²) < 4.78 is 0. The van der Waals surface area contributed by atoms with Gasteiger partial charge in [0.15, 0.2) is 0 Å². The van der Waals surface area contributed by atoms with Crippen molar-refractivity contribution >= 4 is 34.5 Å². The van der Waals surface area contributed by atoms with E-state index in [1.54, 1.807) is 0 Å². The number of nitrogens with zero attached hydrogens (tertiary/aromatic N) is 2. The third-order valence-corrected chi connectivity index (χ3v) is 4.27. The molecule has 4 rings (SSSR count). The van der Waals surface area contributed by atoms with Gasteiger partial charge in [0.05, 0.1) is 17.1 Å². The Morgan fingerprint density at radius 3 is 2.68 bits per heavy atom. The molecule has 2 aliphatic rings. The number of para-hydroxylation sites is 2. The van der Waals surface area contributed by atoms with E-state index in [4.69, 9.17) is 16.6 Å². The number of nitrogens with one attached hydrogen (secondary N) is 2. The molecule has 1 saturated heterocycles. The minimum absolute atomic E-state index is 0.727. The number of rotatable bonds is 0. The molecule has 4 nitrogen and oxygen atoms in total. The molecular weight excluding hydrogens is 296 g/mol. The Bertz CT molecular complexity index is 735. The van der Waals surface area contributed by atoms with Crippen LogP contribution in [-0.4, -0.2) is 36.9 Å². The smallest absolute Gasteiger partial charge is 0.138 e. The molecule has 2 heterocycles. The van der Waals surface area contributed by atoms with E-state index in [0.29, 0.717) is 0 Å². The summed E-state index contributed by atoms with van der Waals surface area (Å²) in [6, 6.07) is 14.1. The first-order valence-corrected chi connectivity index (χ1v) is 7.89. The molecule has 112 valence electrons. The Morgan fingerprint density at radius 1 is 1.00 bits per heavy atom. The molecule has 2 N–H and O–H groups in total. The van der Waals surface area contributed by atoms with E-state index in [1.807, 2.05) is 36.4 Å². The third kappa shape index (κ3) is 2.45. The van der Waals surface area contributed by atoms with Gasteiger partial charge in [0.2, 0.25) is 0 Å². The SMILES string of the molecule is Clc1ccc2c(c1)Nc1ccccc1N=C2N1CCNCC1. The summed E-state index contributed by atoms with van der Waals surface area (Å²) >= 11 is 6.19. The average Bonchev–Trinajstić information content (AvgIpc) is 2.71. The number of hydrogen-bond acceptors (Lipinski definition) is 4. The highest BCUT2D eigenvalue weighted by Gasteiger charge is 2.22. The standard InChI is InChI=1S/C17H17ClN4/c18-12-5-6-13-16(11-12)20-14-3-1-2-4-15(14)21-17(13)22-9-7-19-8-10-22/h1-6,11,19-20H,7-10H2. The van der Waals surface area contributed by atoms with E-state index in [-0.39, 0.29) is 0 Å². The minimum atomic E-state index is 0.727. The van der Waals surface area contributed by atoms with E-state index in [0.717, 1.165) is 59.7 Å². The Balaban J connectivity index is 1.88. The maximum atomic E-state index is 6.19. The molecule has 1 fully saturated rings. The zero-order valence-corrected chi connectivity index (χ0v) is 12.9. The van der Waals surface area contributed by atoms with Gasteiger partial charge in [-0.1, -0.05) is 23.7 Å². The van der Waals surface area contributed by atoms with Gasteiger partial charge in [0.1, 0.15) is 5.84 Å². The highest BCUT2D eigenvalue weighted by atomic mass is 35.5. The lowest BCUT2D eigenvalue weighted by Gasteiger charge is -2.30. The van der Waals surface area contributed by atoms with E-state index in [1.165, 1.54) is 0 Å². The second-order valence-corrected chi connectivity index (χ2v) is 5.94. The van der Waals surface area contributed by atoms with E-state index in [9.17, 15) is 0 Å². The topological polar surface area (TPSA) is 39.7 Å². The maximum Gasteiger partial charge on any atom is 0.138 e. The Hall–Kier alpha value is -2.04. The first-order valence-electron chi connectivity index (χ1n) is 7.51. The van der Waals surface area contributed by atoms with E-state index < -0.39 is 0 Å². The Morgan fingerprint density at radius 2 is 1.82 bits per heavy atom. The maximum absolute atomic E-state index is 6.19. The van der Waals surface area contributed by atoms with Crippen molar-refractivity contribution in [3.8, 4) is 0 Å². The lowest BCUT2D eigenvalue weighted by atomic mass is 10.1. The quantitative estimate of drug-likeness (QED) is 0.783. The molecule has 0 radical (unpaired) electrons. The molecule has 0 unspecified atom stereocenters. The van der Waals surface area contributed by atoms with Gasteiger partial charge in [-0.3, -0.25) is 0 Å². The van der Waals surface area contributed by atoms with Crippen LogP contribution in [-0.2, 0) is 0 Å². The summed E-state index contributed by atoms with van der Waals surface area (Å²) in [5, 5.41) is 7.59. The van der Waals surface area contributed by atoms with Gasteiger partial charge in [-0.05, 0) is 30.3 Å². The highest BCUT2D eigenvalue weighted by Crippen LogP contribution is 2.35. The van der Waals surface area contributed by atoms with Crippen LogP contribution in [0.1, 0.15) is 5.56 Å². The molecule has 0 spiro atoms. The number of aliphatic imine (C=N–C) groups is 1. The molecule has 5 heteroatoms. The van der Waals surface area contributed by atoms with Gasteiger partial charge >= 0.3 is 0 Å². The van der Waals surface area contributed by atoms with E-state index >= 15 is 0 Å². The monoisotopic (exact) mass is 312 g/mol. The number of hydrogen-bond donors (Lipinski definition) is 2. The number of fused-ring (bicyclic) bond motifs is 2. The predicted molar refractivity (Wildman–Crippen MR) is 91.8 cm³/mol. The number of anilines is 2. The van der Waals surface area contributed by atoms with Gasteiger partial charge in [-0.25, -0.2) is 4.99 Å². The Labute approximate surface area is 134 Å². The van der Waals surface area contributed by atoms with Crippen LogP contribution < -0.4 is 10.6 Å². The van der Waals surface area contributed by atoms with Crippen LogP contribution in [0.2, 0.25) is 5.02 Å². The van der Waals surface area contributed by atoms with Gasteiger partial charge in [-0.15, -0.1) is 0 Å². The summed E-state index contributed by atoms with van der Waals surface area (Å²) in [7, 11) is 0. The minimum Gasteiger partial charge on any atom is -0.353 e. The lowest BCUT2D eigenvalue weighted by Crippen LogP contribution is -2.46. The number of piperazine rings is 1. The molecule has 0 amide bonds. The second-order valence-electron chi connectivity index (χ2n) is 5.50. The van der Waals surface area contributed by atoms with Crippen LogP contribution in [0.25, 0.3) is 0 Å². The van der Waals surface area contributed by atoms with Crippen LogP contribution in [0.5, 0.6) is 0 Å². The fourth-order valence-electron chi connectivity index (χ4n) is 2.93. The van der Waals surface area contributed by atoms with Crippen molar-refractivity contribution in [2.75, 3.05) is 31.5 Å². The van der Waals surface area contributed by atoms with Crippen molar-refractivity contribution in [2.45, 2.75) is 0 Å². The molecule has 0 bridgehead atoms. The second kappa shape index (κ2) is 5.63. The molecule has 2 aromatic rings. The largest absolute Gasteiger partial charge is 0.353 e. The molecule has 0 saturated carbocycles. The number of halogens is 1. The van der Waals surface area contributed by atoms with Crippen LogP contribution in [0.15, 0.2) is 47.5 Å². The summed E-state index contributed by atoms with van der Waals surface area (Å²) in [6.07, 6.45) is 0. The van der Waals surface area contributed by atoms with Gasteiger partial charge in [0, 0.05) is 36.8 Å². The van der Waals surface area contributed by atoms with Crippen LogP contribution in [0, 0.1) is 0 Å². The number of benzene rings is 2. The summed E-state index contributed by atoms with van der Waals surface area (Å²) in [5.41, 5.74) is 4.08. The molecule has 0 aliphatic carbocycles. The zero-order chi connectivity index (χ0) is 14.9. The predicted octanol–water partition coefficient (Wildman–Crippen LogP) is 3.38. The molecular formula is C17H17ClN4. The average molecular weight is 313 g/mol. The Kier molecular flexibility index (Phi) is 3.48. The molecule has 0 atom stereocenters. The van der Waals surface area contributed by atoms with Crippen LogP contribution >= 0.6 is 11.6 Å². The highest BCUT2D eigenvalue weighted by molar-refractivity contribution is 6.31. The molecule has 22 heavy (non-hydrogen) atoms. The van der Waals surface area contributed by atoms with Crippen molar-refractivity contribution in [1.82, 2.24) is 10.2 Å². The van der Waals surface area contributed by atoms with Crippen molar-refractivity contribution in [3.05, 3.63) is 53.1 Å². The van der Waals surface area contributed by atoms with Gasteiger partial charge in [0.25, 0.3) is 0 Å². The van der Waals surface area contributed by atoms with Crippen molar-refractivity contribution < 1.29 is 0 Å². The fourth-order valence-corrected chi connectivity index (χ4v) is 3.10. The molecule has 0 aromatic heterocycles. The summed E-state index contributed by atoms with van der Waals surface area (Å²) in [6.45, 7) is 3.89. The van der Waals surface area contributed by atoms with Crippen LogP contribution in [0.3, 0.4) is 0 Å². The van der Waals surface area contributed by atoms with E-state index in [2.05, 4.69) is 21.6 Å². The zero-order valence-electron chi connectivity index (χ0n) is 12.1. The first-order chi connectivity index (χ1) is 10.8. The molecule has 2 aliphatic heterocycles. The number of amidine groups is 1. The summed E-state index contributed by atoms with van der Waals surface area (Å²) in [5.74, 6) is 1.02. The van der Waals surface area contributed by atoms with Crippen molar-refractivity contribution in [2.24, 2.45) is 4.99 Å².